The average Bonchev–Trinajstić information content (AvgIpc) is 3.55. The van der Waals surface area contributed by atoms with E-state index >= 15 is 0 Å². The summed E-state index contributed by atoms with van der Waals surface area (Å²) in [5.74, 6) is 0.654. The van der Waals surface area contributed by atoms with Gasteiger partial charge in [-0.15, -0.1) is 11.3 Å². The molecule has 10 nitrogen and oxygen atoms in total. The van der Waals surface area contributed by atoms with E-state index in [0.29, 0.717) is 23.8 Å². The van der Waals surface area contributed by atoms with Gasteiger partial charge in [-0.05, 0) is 91.2 Å². The van der Waals surface area contributed by atoms with Crippen LogP contribution >= 0.6 is 11.3 Å². The van der Waals surface area contributed by atoms with Gasteiger partial charge >= 0.3 is 12.2 Å². The van der Waals surface area contributed by atoms with Gasteiger partial charge in [-0.1, -0.05) is 6.07 Å². The Morgan fingerprint density at radius 2 is 1.77 bits per heavy atom. The summed E-state index contributed by atoms with van der Waals surface area (Å²) in [4.78, 5) is 29.7. The first-order valence-corrected chi connectivity index (χ1v) is 16.1. The molecule has 2 fully saturated rings. The fourth-order valence-electron chi connectivity index (χ4n) is 4.62. The minimum atomic E-state index is -3.93. The van der Waals surface area contributed by atoms with E-state index in [1.807, 2.05) is 13.8 Å². The summed E-state index contributed by atoms with van der Waals surface area (Å²) in [7, 11) is -3.93. The second kappa shape index (κ2) is 12.4. The van der Waals surface area contributed by atoms with Gasteiger partial charge < -0.3 is 14.8 Å². The molecular formula is C28H40N4O6S2. The lowest BCUT2D eigenvalue weighted by Gasteiger charge is -2.28. The summed E-state index contributed by atoms with van der Waals surface area (Å²) < 4.78 is 40.1. The number of hydrogen-bond acceptors (Lipinski definition) is 8. The Balaban J connectivity index is 1.50. The summed E-state index contributed by atoms with van der Waals surface area (Å²) in [6.45, 7) is 9.34. The van der Waals surface area contributed by atoms with Crippen molar-refractivity contribution in [3.63, 3.8) is 0 Å². The van der Waals surface area contributed by atoms with Gasteiger partial charge in [-0.25, -0.2) is 27.7 Å². The molecule has 1 heterocycles. The quantitative estimate of drug-likeness (QED) is 0.325. The van der Waals surface area contributed by atoms with Gasteiger partial charge in [0.25, 0.3) is 0 Å². The van der Waals surface area contributed by atoms with Crippen LogP contribution in [0, 0.1) is 5.92 Å². The van der Waals surface area contributed by atoms with Gasteiger partial charge in [0.05, 0.1) is 27.5 Å². The lowest BCUT2D eigenvalue weighted by molar-refractivity contribution is 0.109. The van der Waals surface area contributed by atoms with Crippen molar-refractivity contribution in [3.8, 4) is 10.4 Å². The van der Waals surface area contributed by atoms with Gasteiger partial charge in [0.2, 0.25) is 10.0 Å². The molecule has 2 aromatic rings. The van der Waals surface area contributed by atoms with E-state index in [9.17, 15) is 18.0 Å². The lowest BCUT2D eigenvalue weighted by Crippen LogP contribution is -2.40. The molecule has 0 spiro atoms. The van der Waals surface area contributed by atoms with Crippen molar-refractivity contribution in [2.24, 2.45) is 5.92 Å². The molecule has 2 aliphatic carbocycles. The number of rotatable bonds is 9. The van der Waals surface area contributed by atoms with E-state index in [1.165, 1.54) is 17.4 Å². The molecule has 0 saturated heterocycles. The molecule has 1 aromatic carbocycles. The topological polar surface area (TPSA) is 136 Å². The maximum absolute atomic E-state index is 13.5. The maximum Gasteiger partial charge on any atom is 0.411 e. The number of sulfonamides is 1. The molecule has 4 rings (SSSR count). The van der Waals surface area contributed by atoms with Crippen LogP contribution in [0.4, 0.5) is 15.3 Å². The summed E-state index contributed by atoms with van der Waals surface area (Å²) in [5, 5.41) is 6.54. The first kappa shape index (κ1) is 30.3. The predicted octanol–water partition coefficient (Wildman–Crippen LogP) is 6.01. The molecule has 3 N–H and O–H groups in total. The van der Waals surface area contributed by atoms with E-state index in [-0.39, 0.29) is 29.1 Å². The Morgan fingerprint density at radius 1 is 1.07 bits per heavy atom. The zero-order valence-electron chi connectivity index (χ0n) is 23.8. The van der Waals surface area contributed by atoms with Crippen molar-refractivity contribution in [2.45, 2.75) is 102 Å². The number of ether oxygens (including phenoxy) is 2. The zero-order chi connectivity index (χ0) is 29.1. The third-order valence-corrected chi connectivity index (χ3v) is 9.63. The van der Waals surface area contributed by atoms with Crippen LogP contribution in [-0.4, -0.2) is 49.9 Å². The summed E-state index contributed by atoms with van der Waals surface area (Å²) in [6, 6.07) is 4.91. The second-order valence-electron chi connectivity index (χ2n) is 11.9. The maximum atomic E-state index is 13.5. The summed E-state index contributed by atoms with van der Waals surface area (Å²) in [6.07, 6.45) is 6.05. The minimum Gasteiger partial charge on any atom is -0.449 e. The summed E-state index contributed by atoms with van der Waals surface area (Å²) in [5.41, 5.74) is 0.158. The van der Waals surface area contributed by atoms with Crippen molar-refractivity contribution in [2.75, 3.05) is 11.9 Å². The van der Waals surface area contributed by atoms with Crippen LogP contribution in [0.5, 0.6) is 0 Å². The fourth-order valence-corrected chi connectivity index (χ4v) is 7.47. The van der Waals surface area contributed by atoms with Crippen LogP contribution in [0.2, 0.25) is 0 Å². The normalized spacial score (nSPS) is 19.8. The molecule has 40 heavy (non-hydrogen) atoms. The highest BCUT2D eigenvalue weighted by molar-refractivity contribution is 7.89. The Morgan fingerprint density at radius 3 is 2.40 bits per heavy atom. The van der Waals surface area contributed by atoms with E-state index in [1.54, 1.807) is 39.1 Å². The molecule has 0 atom stereocenters. The van der Waals surface area contributed by atoms with Crippen LogP contribution in [0.15, 0.2) is 29.3 Å². The number of anilines is 1. The molecule has 1 aromatic heterocycles. The van der Waals surface area contributed by atoms with E-state index in [4.69, 9.17) is 9.47 Å². The first-order valence-electron chi connectivity index (χ1n) is 13.8. The summed E-state index contributed by atoms with van der Waals surface area (Å²) >= 11 is 1.47. The van der Waals surface area contributed by atoms with E-state index in [2.05, 4.69) is 20.3 Å². The first-order chi connectivity index (χ1) is 18.8. The third-order valence-electron chi connectivity index (χ3n) is 6.64. The highest BCUT2D eigenvalue weighted by atomic mass is 32.2. The van der Waals surface area contributed by atoms with Crippen LogP contribution in [-0.2, 0) is 19.5 Å². The van der Waals surface area contributed by atoms with Crippen LogP contribution in [0.1, 0.15) is 84.1 Å². The Bertz CT molecular complexity index is 1310. The molecule has 0 radical (unpaired) electrons. The smallest absolute Gasteiger partial charge is 0.411 e. The highest BCUT2D eigenvalue weighted by Crippen LogP contribution is 2.40. The molecule has 2 amide bonds. The van der Waals surface area contributed by atoms with Gasteiger partial charge in [-0.2, -0.15) is 0 Å². The lowest BCUT2D eigenvalue weighted by atomic mass is 9.86. The monoisotopic (exact) mass is 592 g/mol. The number of nitrogens with one attached hydrogen (secondary N) is 3. The number of carbonyl (C=O) groups is 2. The minimum absolute atomic E-state index is 0.0641. The molecule has 0 unspecified atom stereocenters. The molecule has 220 valence electrons. The Labute approximate surface area is 240 Å². The standard InChI is InChI=1S/C28H40N4O6S2/c1-17(2)38-27(34)30-20-10-8-19(9-11-20)25-29-15-23(39-25)22-13-12-21(31-26(33)37-16-18-6-7-18)14-24(22)40(35,36)32-28(3,4)5/h12-15,17-20,32H,6-11,16H2,1-5H3,(H,30,34)(H,31,33)/t19-,20-. The highest BCUT2D eigenvalue weighted by Gasteiger charge is 2.29. The number of carbonyl (C=O) groups excluding carboxylic acids is 2. The van der Waals surface area contributed by atoms with Crippen molar-refractivity contribution in [3.05, 3.63) is 29.4 Å². The van der Waals surface area contributed by atoms with Crippen molar-refractivity contribution in [1.29, 1.82) is 0 Å². The second-order valence-corrected chi connectivity index (χ2v) is 14.7. The number of amides is 2. The molecule has 12 heteroatoms. The third kappa shape index (κ3) is 8.65. The van der Waals surface area contributed by atoms with E-state index in [0.717, 1.165) is 48.4 Å². The zero-order valence-corrected chi connectivity index (χ0v) is 25.4. The molecule has 2 aliphatic rings. The molecular weight excluding hydrogens is 552 g/mol. The van der Waals surface area contributed by atoms with Gasteiger partial charge in [0, 0.05) is 34.9 Å². The average molecular weight is 593 g/mol. The number of hydrogen-bond donors (Lipinski definition) is 3. The Kier molecular flexibility index (Phi) is 9.41. The Hall–Kier alpha value is -2.70. The number of thiazole rings is 1. The SMILES string of the molecule is CC(C)OC(=O)N[C@H]1CC[C@H](c2ncc(-c3ccc(NC(=O)OCC4CC4)cc3S(=O)(=O)NC(C)(C)C)s2)CC1. The fraction of sp³-hybridized carbons (Fsp3) is 0.607. The number of alkyl carbamates (subject to hydrolysis) is 1. The largest absolute Gasteiger partial charge is 0.449 e. The van der Waals surface area contributed by atoms with Gasteiger partial charge in [0.1, 0.15) is 0 Å². The molecule has 0 bridgehead atoms. The van der Waals surface area contributed by atoms with Crippen molar-refractivity contribution in [1.82, 2.24) is 15.0 Å². The van der Waals surface area contributed by atoms with Crippen molar-refractivity contribution >= 4 is 39.2 Å². The van der Waals surface area contributed by atoms with Crippen LogP contribution < -0.4 is 15.4 Å². The number of benzene rings is 1. The van der Waals surface area contributed by atoms with Crippen LogP contribution in [0.3, 0.4) is 0 Å². The van der Waals surface area contributed by atoms with Crippen molar-refractivity contribution < 1.29 is 27.5 Å². The van der Waals surface area contributed by atoms with Gasteiger partial charge in [-0.3, -0.25) is 5.32 Å². The predicted molar refractivity (Wildman–Crippen MR) is 155 cm³/mol. The number of aromatic nitrogens is 1. The number of nitrogens with zero attached hydrogens (tertiary/aromatic N) is 1. The molecule has 0 aliphatic heterocycles. The van der Waals surface area contributed by atoms with Gasteiger partial charge in [0.15, 0.2) is 0 Å². The van der Waals surface area contributed by atoms with Crippen LogP contribution in [0.25, 0.3) is 10.4 Å². The van der Waals surface area contributed by atoms with E-state index < -0.39 is 21.7 Å². The molecule has 2 saturated carbocycles.